The number of benzene rings is 1. The molecule has 1 saturated carbocycles. The van der Waals surface area contributed by atoms with Crippen LogP contribution in [0.4, 0.5) is 13.2 Å². The molecule has 2 fully saturated rings. The first-order valence-corrected chi connectivity index (χ1v) is 8.16. The number of hydrogen-bond donors (Lipinski definition) is 0. The Morgan fingerprint density at radius 1 is 1.36 bits per heavy atom. The van der Waals surface area contributed by atoms with E-state index in [9.17, 15) is 18.0 Å². The molecule has 132 valence electrons. The summed E-state index contributed by atoms with van der Waals surface area (Å²) in [6, 6.07) is 4.60. The number of carbonyl (C=O) groups excluding carboxylic acids is 1. The standard InChI is InChI=1S/C17H16F3N3O2/c18-12-3-1-2-10(6-12)7-14(24)23-9-17(19,20)8-13(23)16-21-15(22-25-16)11-4-5-11/h1-3,6,11,13H,4-5,7-9H2/t13-/m0/s1. The Kier molecular flexibility index (Phi) is 3.77. The molecule has 2 heterocycles. The quantitative estimate of drug-likeness (QED) is 0.849. The Morgan fingerprint density at radius 3 is 2.88 bits per heavy atom. The monoisotopic (exact) mass is 351 g/mol. The first kappa shape index (κ1) is 16.1. The minimum atomic E-state index is -3.02. The minimum Gasteiger partial charge on any atom is -0.337 e. The molecule has 2 aliphatic rings. The van der Waals surface area contributed by atoms with Gasteiger partial charge in [-0.3, -0.25) is 4.79 Å². The zero-order valence-corrected chi connectivity index (χ0v) is 13.3. The molecule has 1 aliphatic carbocycles. The summed E-state index contributed by atoms with van der Waals surface area (Å²) in [5.74, 6) is -3.21. The summed E-state index contributed by atoms with van der Waals surface area (Å²) in [4.78, 5) is 17.8. The van der Waals surface area contributed by atoms with Gasteiger partial charge < -0.3 is 9.42 Å². The van der Waals surface area contributed by atoms with Gasteiger partial charge in [-0.1, -0.05) is 17.3 Å². The van der Waals surface area contributed by atoms with E-state index in [1.54, 1.807) is 6.07 Å². The second-order valence-electron chi connectivity index (χ2n) is 6.67. The van der Waals surface area contributed by atoms with Crippen molar-refractivity contribution in [3.05, 3.63) is 47.4 Å². The van der Waals surface area contributed by atoms with Crippen molar-refractivity contribution in [2.45, 2.75) is 43.6 Å². The highest BCUT2D eigenvalue weighted by molar-refractivity contribution is 5.79. The fourth-order valence-corrected chi connectivity index (χ4v) is 3.11. The molecule has 5 nitrogen and oxygen atoms in total. The average molecular weight is 351 g/mol. The maximum absolute atomic E-state index is 13.9. The summed E-state index contributed by atoms with van der Waals surface area (Å²) >= 11 is 0. The Hall–Kier alpha value is -2.38. The zero-order valence-electron chi connectivity index (χ0n) is 13.3. The summed E-state index contributed by atoms with van der Waals surface area (Å²) in [5.41, 5.74) is 0.433. The molecule has 0 bridgehead atoms. The molecule has 0 N–H and O–H groups in total. The van der Waals surface area contributed by atoms with Crippen molar-refractivity contribution in [2.24, 2.45) is 0 Å². The first-order chi connectivity index (χ1) is 11.9. The van der Waals surface area contributed by atoms with Crippen molar-refractivity contribution in [3.8, 4) is 0 Å². The third-order valence-corrected chi connectivity index (χ3v) is 4.52. The molecule has 1 atom stereocenters. The highest BCUT2D eigenvalue weighted by atomic mass is 19.3. The maximum Gasteiger partial charge on any atom is 0.267 e. The van der Waals surface area contributed by atoms with E-state index < -0.39 is 36.7 Å². The number of rotatable bonds is 4. The molecule has 25 heavy (non-hydrogen) atoms. The first-order valence-electron chi connectivity index (χ1n) is 8.16. The number of alkyl halides is 2. The summed E-state index contributed by atoms with van der Waals surface area (Å²) in [6.45, 7) is -0.701. The number of halogens is 3. The molecule has 8 heteroatoms. The van der Waals surface area contributed by atoms with E-state index in [0.29, 0.717) is 11.4 Å². The van der Waals surface area contributed by atoms with Gasteiger partial charge >= 0.3 is 0 Å². The minimum absolute atomic E-state index is 0.0478. The van der Waals surface area contributed by atoms with E-state index in [2.05, 4.69) is 10.1 Å². The molecule has 1 aromatic heterocycles. The molecule has 0 unspecified atom stereocenters. The molecule has 1 aliphatic heterocycles. The van der Waals surface area contributed by atoms with Gasteiger partial charge in [-0.15, -0.1) is 0 Å². The van der Waals surface area contributed by atoms with E-state index in [-0.39, 0.29) is 18.2 Å². The third-order valence-electron chi connectivity index (χ3n) is 4.52. The van der Waals surface area contributed by atoms with Gasteiger partial charge in [0.05, 0.1) is 13.0 Å². The lowest BCUT2D eigenvalue weighted by Crippen LogP contribution is -2.34. The van der Waals surface area contributed by atoms with Crippen LogP contribution in [0.25, 0.3) is 0 Å². The van der Waals surface area contributed by atoms with Gasteiger partial charge in [-0.05, 0) is 30.5 Å². The lowest BCUT2D eigenvalue weighted by Gasteiger charge is -2.21. The van der Waals surface area contributed by atoms with Gasteiger partial charge in [0.25, 0.3) is 5.92 Å². The number of amides is 1. The molecule has 1 aromatic carbocycles. The van der Waals surface area contributed by atoms with Gasteiger partial charge in [-0.2, -0.15) is 4.98 Å². The summed E-state index contributed by atoms with van der Waals surface area (Å²) < 4.78 is 46.3. The molecule has 0 radical (unpaired) electrons. The molecule has 0 spiro atoms. The Bertz CT molecular complexity index is 804. The molecule has 1 saturated heterocycles. The largest absolute Gasteiger partial charge is 0.337 e. The number of aromatic nitrogens is 2. The fraction of sp³-hybridized carbons (Fsp3) is 0.471. The van der Waals surface area contributed by atoms with Crippen LogP contribution in [0.15, 0.2) is 28.8 Å². The molecule has 1 amide bonds. The van der Waals surface area contributed by atoms with Gasteiger partial charge in [-0.25, -0.2) is 13.2 Å². The number of hydrogen-bond acceptors (Lipinski definition) is 4. The van der Waals surface area contributed by atoms with Crippen LogP contribution < -0.4 is 0 Å². The summed E-state index contributed by atoms with van der Waals surface area (Å²) in [6.07, 6.45) is 1.21. The lowest BCUT2D eigenvalue weighted by atomic mass is 10.1. The second-order valence-corrected chi connectivity index (χ2v) is 6.67. The highest BCUT2D eigenvalue weighted by Gasteiger charge is 2.50. The average Bonchev–Trinajstić information content (AvgIpc) is 3.18. The van der Waals surface area contributed by atoms with E-state index in [1.807, 2.05) is 0 Å². The predicted molar refractivity (Wildman–Crippen MR) is 80.4 cm³/mol. The van der Waals surface area contributed by atoms with E-state index in [4.69, 9.17) is 4.52 Å². The molecular formula is C17H16F3N3O2. The lowest BCUT2D eigenvalue weighted by molar-refractivity contribution is -0.133. The fourth-order valence-electron chi connectivity index (χ4n) is 3.11. The smallest absolute Gasteiger partial charge is 0.267 e. The zero-order chi connectivity index (χ0) is 17.6. The van der Waals surface area contributed by atoms with E-state index in [1.165, 1.54) is 18.2 Å². The van der Waals surface area contributed by atoms with Gasteiger partial charge in [0.2, 0.25) is 11.8 Å². The summed E-state index contributed by atoms with van der Waals surface area (Å²) in [7, 11) is 0. The number of carbonyl (C=O) groups is 1. The van der Waals surface area contributed by atoms with Gasteiger partial charge in [0.15, 0.2) is 5.82 Å². The predicted octanol–water partition coefficient (Wildman–Crippen LogP) is 3.24. The van der Waals surface area contributed by atoms with Crippen molar-refractivity contribution in [1.29, 1.82) is 0 Å². The van der Waals surface area contributed by atoms with Crippen LogP contribution in [0.2, 0.25) is 0 Å². The van der Waals surface area contributed by atoms with Crippen molar-refractivity contribution in [3.63, 3.8) is 0 Å². The van der Waals surface area contributed by atoms with Crippen LogP contribution in [-0.4, -0.2) is 33.4 Å². The maximum atomic E-state index is 13.9. The van der Waals surface area contributed by atoms with Crippen molar-refractivity contribution >= 4 is 5.91 Å². The van der Waals surface area contributed by atoms with Gasteiger partial charge in [0.1, 0.15) is 11.9 Å². The van der Waals surface area contributed by atoms with E-state index >= 15 is 0 Å². The van der Waals surface area contributed by atoms with Crippen LogP contribution in [0.3, 0.4) is 0 Å². The Labute approximate surface area is 141 Å². The van der Waals surface area contributed by atoms with Crippen molar-refractivity contribution < 1.29 is 22.5 Å². The van der Waals surface area contributed by atoms with Crippen molar-refractivity contribution in [2.75, 3.05) is 6.54 Å². The topological polar surface area (TPSA) is 59.2 Å². The van der Waals surface area contributed by atoms with Crippen LogP contribution in [0.1, 0.15) is 48.5 Å². The normalized spacial score (nSPS) is 22.4. The van der Waals surface area contributed by atoms with Crippen LogP contribution in [0.5, 0.6) is 0 Å². The van der Waals surface area contributed by atoms with Crippen molar-refractivity contribution in [1.82, 2.24) is 15.0 Å². The van der Waals surface area contributed by atoms with Crippen LogP contribution in [0, 0.1) is 5.82 Å². The number of nitrogens with zero attached hydrogens (tertiary/aromatic N) is 3. The highest BCUT2D eigenvalue weighted by Crippen LogP contribution is 2.43. The SMILES string of the molecule is O=C(Cc1cccc(F)c1)N1CC(F)(F)C[C@H]1c1nc(C2CC2)no1. The van der Waals surface area contributed by atoms with E-state index in [0.717, 1.165) is 17.7 Å². The van der Waals surface area contributed by atoms with Crippen LogP contribution in [-0.2, 0) is 11.2 Å². The second kappa shape index (κ2) is 5.86. The Morgan fingerprint density at radius 2 is 2.16 bits per heavy atom. The van der Waals surface area contributed by atoms with Crippen LogP contribution >= 0.6 is 0 Å². The molecule has 4 rings (SSSR count). The molecular weight excluding hydrogens is 335 g/mol. The third kappa shape index (κ3) is 3.38. The number of likely N-dealkylation sites (tertiary alicyclic amines) is 1. The Balaban J connectivity index is 1.55. The summed E-state index contributed by atoms with van der Waals surface area (Å²) in [5, 5.41) is 3.84. The van der Waals surface area contributed by atoms with Gasteiger partial charge in [0, 0.05) is 12.3 Å². The molecule has 2 aromatic rings.